The molecule has 36 heavy (non-hydrogen) atoms. The van der Waals surface area contributed by atoms with Crippen LogP contribution in [0.2, 0.25) is 10.0 Å². The van der Waals surface area contributed by atoms with E-state index in [1.165, 1.54) is 10.9 Å². The van der Waals surface area contributed by atoms with Crippen LogP contribution in [0.5, 0.6) is 5.75 Å². The molecule has 1 N–H and O–H groups in total. The van der Waals surface area contributed by atoms with Gasteiger partial charge >= 0.3 is 5.97 Å². The second-order valence-corrected chi connectivity index (χ2v) is 10.3. The Morgan fingerprint density at radius 3 is 2.25 bits per heavy atom. The number of rotatable bonds is 6. The fourth-order valence-corrected chi connectivity index (χ4v) is 5.88. The lowest BCUT2D eigenvalue weighted by atomic mass is 9.93. The Kier molecular flexibility index (Phi) is 6.94. The summed E-state index contributed by atoms with van der Waals surface area (Å²) in [5.41, 5.74) is 3.76. The summed E-state index contributed by atoms with van der Waals surface area (Å²) in [6.45, 7) is 3.02. The molecule has 0 saturated carbocycles. The summed E-state index contributed by atoms with van der Waals surface area (Å²) in [6, 6.07) is 26.0. The van der Waals surface area contributed by atoms with E-state index in [0.29, 0.717) is 15.6 Å². The number of hydrogen-bond acceptors (Lipinski definition) is 3. The maximum atomic E-state index is 11.3. The van der Waals surface area contributed by atoms with Gasteiger partial charge in [0.2, 0.25) is 0 Å². The Morgan fingerprint density at radius 2 is 1.58 bits per heavy atom. The molecule has 4 aromatic carbocycles. The number of carboxylic acids is 1. The van der Waals surface area contributed by atoms with E-state index in [1.807, 2.05) is 30.3 Å². The van der Waals surface area contributed by atoms with E-state index >= 15 is 0 Å². The average molecular weight is 520 g/mol. The van der Waals surface area contributed by atoms with Crippen molar-refractivity contribution in [2.75, 3.05) is 13.7 Å². The van der Waals surface area contributed by atoms with Gasteiger partial charge in [0, 0.05) is 28.7 Å². The molecule has 0 aliphatic carbocycles. The van der Waals surface area contributed by atoms with Crippen molar-refractivity contribution in [3.63, 3.8) is 0 Å². The molecule has 1 aliphatic rings. The topological polar surface area (TPSA) is 49.8 Å². The third-order valence-corrected chi connectivity index (χ3v) is 7.73. The van der Waals surface area contributed by atoms with Gasteiger partial charge in [-0.2, -0.15) is 0 Å². The van der Waals surface area contributed by atoms with Gasteiger partial charge in [-0.05, 0) is 95.3 Å². The van der Waals surface area contributed by atoms with Crippen molar-refractivity contribution in [2.45, 2.75) is 31.3 Å². The normalized spacial score (nSPS) is 18.9. The molecule has 0 amide bonds. The number of nitrogens with zero attached hydrogens (tertiary/aromatic N) is 1. The first kappa shape index (κ1) is 24.6. The predicted molar refractivity (Wildman–Crippen MR) is 146 cm³/mol. The lowest BCUT2D eigenvalue weighted by molar-refractivity contribution is 0.0697. The molecule has 184 valence electrons. The molecule has 1 aliphatic heterocycles. The highest BCUT2D eigenvalue weighted by Gasteiger charge is 2.37. The van der Waals surface area contributed by atoms with Gasteiger partial charge in [0.05, 0.1) is 12.7 Å². The van der Waals surface area contributed by atoms with Gasteiger partial charge in [-0.25, -0.2) is 4.79 Å². The zero-order valence-electron chi connectivity index (χ0n) is 20.1. The van der Waals surface area contributed by atoms with E-state index < -0.39 is 5.97 Å². The summed E-state index contributed by atoms with van der Waals surface area (Å²) >= 11 is 12.7. The number of aromatic carboxylic acids is 1. The lowest BCUT2D eigenvalue weighted by Crippen LogP contribution is -2.27. The largest absolute Gasteiger partial charge is 0.497 e. The number of carbonyl (C=O) groups is 1. The highest BCUT2D eigenvalue weighted by atomic mass is 35.5. The minimum absolute atomic E-state index is 0.0871. The van der Waals surface area contributed by atoms with Crippen LogP contribution in [-0.4, -0.2) is 29.6 Å². The van der Waals surface area contributed by atoms with E-state index in [1.54, 1.807) is 25.3 Å². The maximum Gasteiger partial charge on any atom is 0.335 e. The summed E-state index contributed by atoms with van der Waals surface area (Å²) in [4.78, 5) is 13.8. The number of hydrogen-bond donors (Lipinski definition) is 1. The molecule has 1 heterocycles. The first-order valence-corrected chi connectivity index (χ1v) is 12.7. The third kappa shape index (κ3) is 4.94. The summed E-state index contributed by atoms with van der Waals surface area (Å²) in [7, 11) is 1.68. The average Bonchev–Trinajstić information content (AvgIpc) is 3.33. The molecular weight excluding hydrogens is 493 g/mol. The van der Waals surface area contributed by atoms with Crippen LogP contribution in [0.3, 0.4) is 0 Å². The van der Waals surface area contributed by atoms with Crippen molar-refractivity contribution in [1.82, 2.24) is 4.90 Å². The molecule has 3 atom stereocenters. The number of carboxylic acid groups (broad SMARTS) is 1. The van der Waals surface area contributed by atoms with Crippen molar-refractivity contribution >= 4 is 39.9 Å². The molecule has 6 heteroatoms. The molecule has 4 aromatic rings. The molecule has 0 radical (unpaired) electrons. The minimum Gasteiger partial charge on any atom is -0.497 e. The second kappa shape index (κ2) is 10.1. The molecule has 4 nitrogen and oxygen atoms in total. The van der Waals surface area contributed by atoms with Gasteiger partial charge in [0.15, 0.2) is 0 Å². The van der Waals surface area contributed by atoms with Gasteiger partial charge in [0.25, 0.3) is 0 Å². The molecule has 1 unspecified atom stereocenters. The van der Waals surface area contributed by atoms with Gasteiger partial charge in [-0.1, -0.05) is 53.5 Å². The van der Waals surface area contributed by atoms with E-state index in [0.717, 1.165) is 35.2 Å². The number of benzene rings is 4. The van der Waals surface area contributed by atoms with E-state index in [2.05, 4.69) is 42.2 Å². The summed E-state index contributed by atoms with van der Waals surface area (Å²) < 4.78 is 5.39. The maximum absolute atomic E-state index is 11.3. The quantitative estimate of drug-likeness (QED) is 0.279. The molecule has 0 spiro atoms. The van der Waals surface area contributed by atoms with Crippen LogP contribution >= 0.6 is 23.2 Å². The van der Waals surface area contributed by atoms with Crippen LogP contribution in [0.25, 0.3) is 10.8 Å². The lowest BCUT2D eigenvalue weighted by Gasteiger charge is -2.31. The number of ether oxygens (including phenoxy) is 1. The smallest absolute Gasteiger partial charge is 0.335 e. The van der Waals surface area contributed by atoms with E-state index in [4.69, 9.17) is 27.9 Å². The zero-order valence-corrected chi connectivity index (χ0v) is 21.6. The first-order chi connectivity index (χ1) is 17.3. The van der Waals surface area contributed by atoms with Crippen LogP contribution in [0, 0.1) is 0 Å². The monoisotopic (exact) mass is 519 g/mol. The molecule has 1 fully saturated rings. The minimum atomic E-state index is -0.918. The van der Waals surface area contributed by atoms with Crippen molar-refractivity contribution in [2.24, 2.45) is 0 Å². The molecule has 0 aromatic heterocycles. The number of likely N-dealkylation sites (tertiary alicyclic amines) is 1. The molecule has 1 saturated heterocycles. The van der Waals surface area contributed by atoms with Crippen LogP contribution in [0.1, 0.15) is 58.4 Å². The Hall–Kier alpha value is -3.05. The fraction of sp³-hybridized carbons (Fsp3) is 0.233. The number of methoxy groups -OCH3 is 1. The zero-order chi connectivity index (χ0) is 25.4. The number of halogens is 2. The van der Waals surface area contributed by atoms with Crippen LogP contribution in [0.15, 0.2) is 78.9 Å². The van der Waals surface area contributed by atoms with Gasteiger partial charge in [-0.15, -0.1) is 0 Å². The summed E-state index contributed by atoms with van der Waals surface area (Å²) in [5, 5.41) is 12.9. The Bertz CT molecular complexity index is 1400. The van der Waals surface area contributed by atoms with Crippen molar-refractivity contribution < 1.29 is 14.6 Å². The van der Waals surface area contributed by atoms with Gasteiger partial charge in [-0.3, -0.25) is 4.90 Å². The predicted octanol–water partition coefficient (Wildman–Crippen LogP) is 8.15. The van der Waals surface area contributed by atoms with Gasteiger partial charge in [0.1, 0.15) is 5.75 Å². The molecule has 0 bridgehead atoms. The van der Waals surface area contributed by atoms with E-state index in [-0.39, 0.29) is 18.0 Å². The van der Waals surface area contributed by atoms with Crippen molar-refractivity contribution in [3.05, 3.63) is 111 Å². The SMILES string of the molecule is COc1ccc2cc([C@H]3C[C@@H](c4cc(Cl)cc(Cl)c4)CN3C(C)c3ccc(C(=O)O)cc3)ccc2c1. The van der Waals surface area contributed by atoms with Crippen molar-refractivity contribution in [3.8, 4) is 5.75 Å². The molecule has 5 rings (SSSR count). The van der Waals surface area contributed by atoms with Gasteiger partial charge < -0.3 is 9.84 Å². The number of fused-ring (bicyclic) bond motifs is 1. The highest BCUT2D eigenvalue weighted by molar-refractivity contribution is 6.34. The Labute approximate surface area is 221 Å². The fourth-order valence-electron chi connectivity index (χ4n) is 5.34. The first-order valence-electron chi connectivity index (χ1n) is 11.9. The summed E-state index contributed by atoms with van der Waals surface area (Å²) in [6.07, 6.45) is 0.926. The Morgan fingerprint density at radius 1 is 0.917 bits per heavy atom. The summed E-state index contributed by atoms with van der Waals surface area (Å²) in [5.74, 6) is 0.187. The second-order valence-electron chi connectivity index (χ2n) is 9.42. The van der Waals surface area contributed by atoms with Crippen LogP contribution < -0.4 is 4.74 Å². The van der Waals surface area contributed by atoms with Crippen LogP contribution in [0.4, 0.5) is 0 Å². The van der Waals surface area contributed by atoms with Crippen molar-refractivity contribution in [1.29, 1.82) is 0 Å². The highest BCUT2D eigenvalue weighted by Crippen LogP contribution is 2.46. The Balaban J connectivity index is 1.52. The van der Waals surface area contributed by atoms with Crippen LogP contribution in [-0.2, 0) is 0 Å². The standard InChI is InChI=1S/C30H27Cl2NO3/c1-18(19-3-5-20(6-4-19)30(34)35)33-17-25(24-12-26(31)16-27(32)13-24)15-29(33)23-8-7-22-14-28(36-2)10-9-21(22)11-23/h3-14,16,18,25,29H,15,17H2,1-2H3,(H,34,35)/t18?,25-,29-/m1/s1. The molecular formula is C30H27Cl2NO3. The van der Waals surface area contributed by atoms with E-state index in [9.17, 15) is 9.90 Å². The third-order valence-electron chi connectivity index (χ3n) is 7.29.